The van der Waals surface area contributed by atoms with E-state index in [4.69, 9.17) is 4.74 Å². The Labute approximate surface area is 117 Å². The van der Waals surface area contributed by atoms with Gasteiger partial charge in [0.2, 0.25) is 5.91 Å². The Morgan fingerprint density at radius 1 is 1.58 bits per heavy atom. The molecule has 0 bridgehead atoms. The Morgan fingerprint density at radius 3 is 3.11 bits per heavy atom. The molecule has 0 N–H and O–H groups in total. The lowest BCUT2D eigenvalue weighted by molar-refractivity contribution is -0.134. The monoisotopic (exact) mass is 278 g/mol. The summed E-state index contributed by atoms with van der Waals surface area (Å²) in [6, 6.07) is 5.88. The largest absolute Gasteiger partial charge is 0.371 e. The zero-order valence-corrected chi connectivity index (χ0v) is 11.9. The second kappa shape index (κ2) is 5.13. The smallest absolute Gasteiger partial charge is 0.219 e. The fourth-order valence-corrected chi connectivity index (χ4v) is 4.24. The lowest BCUT2D eigenvalue weighted by Crippen LogP contribution is -2.60. The average Bonchev–Trinajstić information content (AvgIpc) is 2.80. The molecular formula is C14H18N2O2S. The van der Waals surface area contributed by atoms with E-state index in [9.17, 15) is 4.79 Å². The number of carbonyl (C=O) groups excluding carboxylic acids is 1. The van der Waals surface area contributed by atoms with Gasteiger partial charge in [-0.2, -0.15) is 0 Å². The second-order valence-corrected chi connectivity index (χ2v) is 6.82. The van der Waals surface area contributed by atoms with Crippen LogP contribution in [0.5, 0.6) is 0 Å². The van der Waals surface area contributed by atoms with Crippen LogP contribution in [0.15, 0.2) is 24.4 Å². The van der Waals surface area contributed by atoms with E-state index < -0.39 is 0 Å². The Kier molecular flexibility index (Phi) is 3.50. The number of amides is 1. The highest BCUT2D eigenvalue weighted by Gasteiger charge is 2.50. The highest BCUT2D eigenvalue weighted by molar-refractivity contribution is 8.01. The summed E-state index contributed by atoms with van der Waals surface area (Å²) in [5.41, 5.74) is 0.979. The van der Waals surface area contributed by atoms with Crippen molar-refractivity contribution in [2.75, 3.05) is 18.8 Å². The predicted octanol–water partition coefficient (Wildman–Crippen LogP) is 1.70. The van der Waals surface area contributed by atoms with Crippen molar-refractivity contribution in [3.8, 4) is 0 Å². The fraction of sp³-hybridized carbons (Fsp3) is 0.571. The quantitative estimate of drug-likeness (QED) is 0.844. The normalized spacial score (nSPS) is 24.5. The molecule has 19 heavy (non-hydrogen) atoms. The molecule has 1 aromatic rings. The van der Waals surface area contributed by atoms with Crippen LogP contribution in [0.4, 0.5) is 0 Å². The first kappa shape index (κ1) is 12.9. The average molecular weight is 278 g/mol. The first-order valence-corrected chi connectivity index (χ1v) is 7.56. The van der Waals surface area contributed by atoms with Gasteiger partial charge in [0.15, 0.2) is 0 Å². The number of rotatable bonds is 3. The van der Waals surface area contributed by atoms with E-state index in [2.05, 4.69) is 4.98 Å². The van der Waals surface area contributed by atoms with Gasteiger partial charge in [0.25, 0.3) is 0 Å². The van der Waals surface area contributed by atoms with Crippen molar-refractivity contribution in [1.29, 1.82) is 0 Å². The van der Waals surface area contributed by atoms with Gasteiger partial charge in [0.05, 0.1) is 23.2 Å². The molecule has 5 heteroatoms. The number of ether oxygens (including phenoxy) is 1. The van der Waals surface area contributed by atoms with Gasteiger partial charge in [-0.05, 0) is 18.6 Å². The number of hydrogen-bond acceptors (Lipinski definition) is 4. The van der Waals surface area contributed by atoms with Gasteiger partial charge in [0.1, 0.15) is 0 Å². The summed E-state index contributed by atoms with van der Waals surface area (Å²) in [5, 5.41) is 0. The summed E-state index contributed by atoms with van der Waals surface area (Å²) in [6.45, 7) is 3.99. The summed E-state index contributed by atoms with van der Waals surface area (Å²) in [4.78, 5) is 17.4. The molecule has 102 valence electrons. The van der Waals surface area contributed by atoms with Crippen LogP contribution in [-0.4, -0.2) is 45.5 Å². The topological polar surface area (TPSA) is 42.4 Å². The molecular weight excluding hydrogens is 260 g/mol. The molecule has 1 spiro atoms. The Balaban J connectivity index is 1.47. The van der Waals surface area contributed by atoms with E-state index in [1.807, 2.05) is 34.9 Å². The molecule has 3 heterocycles. The van der Waals surface area contributed by atoms with Crippen molar-refractivity contribution < 1.29 is 9.53 Å². The van der Waals surface area contributed by atoms with Gasteiger partial charge in [-0.25, -0.2) is 0 Å². The van der Waals surface area contributed by atoms with Crippen LogP contribution in [-0.2, 0) is 16.1 Å². The summed E-state index contributed by atoms with van der Waals surface area (Å²) in [5.74, 6) is 1.21. The van der Waals surface area contributed by atoms with Gasteiger partial charge >= 0.3 is 0 Å². The van der Waals surface area contributed by atoms with Crippen LogP contribution < -0.4 is 0 Å². The molecule has 2 saturated heterocycles. The summed E-state index contributed by atoms with van der Waals surface area (Å²) in [6.07, 6.45) is 3.13. The molecule has 1 aromatic heterocycles. The standard InChI is InChI=1S/C14H18N2O2S/c1-11(17)16-9-14(10-16)6-13(8-19-14)18-7-12-4-2-3-5-15-12/h2-5,13H,6-10H2,1H3. The Hall–Kier alpha value is -1.07. The number of pyridine rings is 1. The molecule has 2 aliphatic rings. The van der Waals surface area contributed by atoms with Gasteiger partial charge in [-0.15, -0.1) is 11.8 Å². The molecule has 0 saturated carbocycles. The van der Waals surface area contributed by atoms with E-state index in [1.165, 1.54) is 0 Å². The van der Waals surface area contributed by atoms with Crippen molar-refractivity contribution in [3.63, 3.8) is 0 Å². The Bertz CT molecular complexity index is 460. The minimum Gasteiger partial charge on any atom is -0.371 e. The fourth-order valence-electron chi connectivity index (χ4n) is 2.69. The maximum Gasteiger partial charge on any atom is 0.219 e. The SMILES string of the molecule is CC(=O)N1CC2(CC(OCc3ccccn3)CS2)C1. The number of thioether (sulfide) groups is 1. The third-order valence-electron chi connectivity index (χ3n) is 3.77. The molecule has 0 aromatic carbocycles. The maximum atomic E-state index is 11.2. The Morgan fingerprint density at radius 2 is 2.42 bits per heavy atom. The van der Waals surface area contributed by atoms with Gasteiger partial charge < -0.3 is 9.64 Å². The van der Waals surface area contributed by atoms with E-state index in [0.29, 0.717) is 12.7 Å². The highest BCUT2D eigenvalue weighted by atomic mass is 32.2. The van der Waals surface area contributed by atoms with E-state index in [1.54, 1.807) is 13.1 Å². The summed E-state index contributed by atoms with van der Waals surface area (Å²) < 4.78 is 6.19. The summed E-state index contributed by atoms with van der Waals surface area (Å²) in [7, 11) is 0. The van der Waals surface area contributed by atoms with Crippen LogP contribution in [0.1, 0.15) is 19.0 Å². The van der Waals surface area contributed by atoms with Crippen LogP contribution in [0.3, 0.4) is 0 Å². The van der Waals surface area contributed by atoms with Gasteiger partial charge in [-0.1, -0.05) is 6.07 Å². The third kappa shape index (κ3) is 2.77. The number of aromatic nitrogens is 1. The molecule has 2 fully saturated rings. The summed E-state index contributed by atoms with van der Waals surface area (Å²) >= 11 is 1.96. The number of hydrogen-bond donors (Lipinski definition) is 0. The van der Waals surface area contributed by atoms with Crippen LogP contribution in [0.2, 0.25) is 0 Å². The van der Waals surface area contributed by atoms with E-state index >= 15 is 0 Å². The highest BCUT2D eigenvalue weighted by Crippen LogP contribution is 2.46. The zero-order valence-electron chi connectivity index (χ0n) is 11.0. The molecule has 0 aliphatic carbocycles. The predicted molar refractivity (Wildman–Crippen MR) is 74.9 cm³/mol. The zero-order chi connectivity index (χ0) is 13.3. The molecule has 0 radical (unpaired) electrons. The van der Waals surface area contributed by atoms with Crippen LogP contribution in [0.25, 0.3) is 0 Å². The number of nitrogens with zero attached hydrogens (tertiary/aromatic N) is 2. The van der Waals surface area contributed by atoms with Crippen molar-refractivity contribution in [2.45, 2.75) is 30.8 Å². The molecule has 3 rings (SSSR count). The van der Waals surface area contributed by atoms with Crippen molar-refractivity contribution in [1.82, 2.24) is 9.88 Å². The second-order valence-electron chi connectivity index (χ2n) is 5.33. The van der Waals surface area contributed by atoms with Crippen molar-refractivity contribution in [2.24, 2.45) is 0 Å². The van der Waals surface area contributed by atoms with Crippen molar-refractivity contribution in [3.05, 3.63) is 30.1 Å². The van der Waals surface area contributed by atoms with Crippen LogP contribution >= 0.6 is 11.8 Å². The molecule has 1 unspecified atom stereocenters. The lowest BCUT2D eigenvalue weighted by Gasteiger charge is -2.47. The van der Waals surface area contributed by atoms with E-state index in [0.717, 1.165) is 31.0 Å². The lowest BCUT2D eigenvalue weighted by atomic mass is 9.93. The molecule has 4 nitrogen and oxygen atoms in total. The molecule has 1 amide bonds. The van der Waals surface area contributed by atoms with Gasteiger partial charge in [-0.3, -0.25) is 9.78 Å². The first-order valence-electron chi connectivity index (χ1n) is 6.58. The molecule has 1 atom stereocenters. The molecule has 2 aliphatic heterocycles. The maximum absolute atomic E-state index is 11.2. The first-order chi connectivity index (χ1) is 9.17. The number of carbonyl (C=O) groups is 1. The van der Waals surface area contributed by atoms with Crippen molar-refractivity contribution >= 4 is 17.7 Å². The minimum absolute atomic E-state index is 0.184. The van der Waals surface area contributed by atoms with E-state index in [-0.39, 0.29) is 10.7 Å². The van der Waals surface area contributed by atoms with Gasteiger partial charge in [0, 0.05) is 32.0 Å². The minimum atomic E-state index is 0.184. The third-order valence-corrected chi connectivity index (χ3v) is 5.35. The number of likely N-dealkylation sites (tertiary alicyclic amines) is 1. The van der Waals surface area contributed by atoms with Crippen LogP contribution in [0, 0.1) is 0 Å².